The molecule has 7 heteroatoms. The summed E-state index contributed by atoms with van der Waals surface area (Å²) in [5, 5.41) is 11.9. The lowest BCUT2D eigenvalue weighted by atomic mass is 10.2. The third-order valence-electron chi connectivity index (χ3n) is 3.42. The van der Waals surface area contributed by atoms with Gasteiger partial charge in [0.1, 0.15) is 18.1 Å². The van der Waals surface area contributed by atoms with Gasteiger partial charge < -0.3 is 19.2 Å². The van der Waals surface area contributed by atoms with Crippen LogP contribution in [0.1, 0.15) is 5.89 Å². The first-order valence-corrected chi connectivity index (χ1v) is 8.18. The molecule has 6 nitrogen and oxygen atoms in total. The third kappa shape index (κ3) is 4.95. The Kier molecular flexibility index (Phi) is 5.87. The minimum absolute atomic E-state index is 0.453. The van der Waals surface area contributed by atoms with Crippen molar-refractivity contribution in [1.29, 1.82) is 0 Å². The Morgan fingerprint density at radius 2 is 1.88 bits per heavy atom. The molecule has 0 fully saturated rings. The average Bonchev–Trinajstić information content (AvgIpc) is 3.11. The van der Waals surface area contributed by atoms with Crippen molar-refractivity contribution in [2.24, 2.45) is 0 Å². The number of rotatable bonds is 8. The molecule has 0 aliphatic rings. The summed E-state index contributed by atoms with van der Waals surface area (Å²) in [5.41, 5.74) is 0.800. The number of benzene rings is 2. The molecule has 0 spiro atoms. The molecule has 0 atom stereocenters. The van der Waals surface area contributed by atoms with E-state index < -0.39 is 0 Å². The zero-order chi connectivity index (χ0) is 17.5. The number of hydrogen-bond donors (Lipinski definition) is 1. The van der Waals surface area contributed by atoms with E-state index in [0.717, 1.165) is 17.1 Å². The highest BCUT2D eigenvalue weighted by atomic mass is 35.5. The standard InChI is InChI=1S/C18H18ClN3O3/c1-23-15-5-7-16(8-6-15)24-10-9-20-12-17-21-22-18(25-17)13-3-2-4-14(19)11-13/h2-8,11,20H,9-10,12H2,1H3. The molecule has 0 aliphatic carbocycles. The van der Waals surface area contributed by atoms with Gasteiger partial charge in [-0.3, -0.25) is 0 Å². The maximum Gasteiger partial charge on any atom is 0.247 e. The van der Waals surface area contributed by atoms with E-state index in [1.54, 1.807) is 19.2 Å². The summed E-state index contributed by atoms with van der Waals surface area (Å²) >= 11 is 5.96. The fourth-order valence-electron chi connectivity index (χ4n) is 2.17. The lowest BCUT2D eigenvalue weighted by molar-refractivity contribution is 0.309. The zero-order valence-corrected chi connectivity index (χ0v) is 14.5. The van der Waals surface area contributed by atoms with Crippen LogP contribution in [0.3, 0.4) is 0 Å². The molecule has 3 aromatic rings. The number of halogens is 1. The monoisotopic (exact) mass is 359 g/mol. The topological polar surface area (TPSA) is 69.4 Å². The van der Waals surface area contributed by atoms with Crippen molar-refractivity contribution in [3.05, 3.63) is 59.4 Å². The molecule has 0 radical (unpaired) electrons. The second kappa shape index (κ2) is 8.50. The molecule has 0 saturated carbocycles. The van der Waals surface area contributed by atoms with E-state index in [1.165, 1.54) is 0 Å². The van der Waals surface area contributed by atoms with Crippen LogP contribution >= 0.6 is 11.6 Å². The molecule has 1 aromatic heterocycles. The number of ether oxygens (including phenoxy) is 2. The molecule has 1 heterocycles. The summed E-state index contributed by atoms with van der Waals surface area (Å²) in [7, 11) is 1.63. The van der Waals surface area contributed by atoms with Gasteiger partial charge in [0.05, 0.1) is 13.7 Å². The van der Waals surface area contributed by atoms with Gasteiger partial charge in [0, 0.05) is 17.1 Å². The Bertz CT molecular complexity index is 805. The molecule has 0 amide bonds. The first-order chi connectivity index (χ1) is 12.2. The molecule has 0 bridgehead atoms. The maximum absolute atomic E-state index is 5.96. The third-order valence-corrected chi connectivity index (χ3v) is 3.66. The largest absolute Gasteiger partial charge is 0.497 e. The minimum atomic E-state index is 0.453. The average molecular weight is 360 g/mol. The summed E-state index contributed by atoms with van der Waals surface area (Å²) < 4.78 is 16.4. The van der Waals surface area contributed by atoms with E-state index >= 15 is 0 Å². The van der Waals surface area contributed by atoms with Crippen LogP contribution in [0.5, 0.6) is 11.5 Å². The Morgan fingerprint density at radius 1 is 1.08 bits per heavy atom. The van der Waals surface area contributed by atoms with Crippen LogP contribution in [0, 0.1) is 0 Å². The van der Waals surface area contributed by atoms with Gasteiger partial charge in [-0.05, 0) is 42.5 Å². The van der Waals surface area contributed by atoms with Crippen molar-refractivity contribution >= 4 is 11.6 Å². The Balaban J connectivity index is 1.42. The number of nitrogens with zero attached hydrogens (tertiary/aromatic N) is 2. The van der Waals surface area contributed by atoms with E-state index in [1.807, 2.05) is 36.4 Å². The van der Waals surface area contributed by atoms with Gasteiger partial charge in [-0.15, -0.1) is 10.2 Å². The van der Waals surface area contributed by atoms with Crippen molar-refractivity contribution in [2.75, 3.05) is 20.3 Å². The van der Waals surface area contributed by atoms with Gasteiger partial charge in [-0.2, -0.15) is 0 Å². The van der Waals surface area contributed by atoms with Gasteiger partial charge in [0.25, 0.3) is 0 Å². The summed E-state index contributed by atoms with van der Waals surface area (Å²) in [6.45, 7) is 1.65. The van der Waals surface area contributed by atoms with Gasteiger partial charge in [-0.1, -0.05) is 17.7 Å². The number of methoxy groups -OCH3 is 1. The van der Waals surface area contributed by atoms with Crippen LogP contribution in [0.2, 0.25) is 5.02 Å². The molecule has 25 heavy (non-hydrogen) atoms. The van der Waals surface area contributed by atoms with Crippen LogP contribution in [0.25, 0.3) is 11.5 Å². The second-order valence-corrected chi connectivity index (χ2v) is 5.65. The molecule has 130 valence electrons. The summed E-state index contributed by atoms with van der Waals surface area (Å²) in [6, 6.07) is 14.8. The van der Waals surface area contributed by atoms with Crippen LogP contribution in [-0.4, -0.2) is 30.5 Å². The molecular formula is C18H18ClN3O3. The van der Waals surface area contributed by atoms with E-state index in [0.29, 0.717) is 36.5 Å². The van der Waals surface area contributed by atoms with E-state index in [4.69, 9.17) is 25.5 Å². The lowest BCUT2D eigenvalue weighted by Gasteiger charge is -2.07. The Labute approximate surface area is 150 Å². The van der Waals surface area contributed by atoms with Gasteiger partial charge in [-0.25, -0.2) is 0 Å². The van der Waals surface area contributed by atoms with Gasteiger partial charge in [0.15, 0.2) is 0 Å². The lowest BCUT2D eigenvalue weighted by Crippen LogP contribution is -2.20. The van der Waals surface area contributed by atoms with Crippen molar-refractivity contribution < 1.29 is 13.9 Å². The minimum Gasteiger partial charge on any atom is -0.497 e. The summed E-state index contributed by atoms with van der Waals surface area (Å²) in [6.07, 6.45) is 0. The van der Waals surface area contributed by atoms with Crippen LogP contribution in [0.15, 0.2) is 52.9 Å². The second-order valence-electron chi connectivity index (χ2n) is 5.21. The quantitative estimate of drug-likeness (QED) is 0.620. The van der Waals surface area contributed by atoms with Crippen LogP contribution in [-0.2, 0) is 6.54 Å². The number of aromatic nitrogens is 2. The predicted molar refractivity (Wildman–Crippen MR) is 94.9 cm³/mol. The maximum atomic E-state index is 5.96. The fourth-order valence-corrected chi connectivity index (χ4v) is 2.36. The molecule has 0 aliphatic heterocycles. The number of hydrogen-bond acceptors (Lipinski definition) is 6. The van der Waals surface area contributed by atoms with Crippen LogP contribution in [0.4, 0.5) is 0 Å². The smallest absolute Gasteiger partial charge is 0.247 e. The van der Waals surface area contributed by atoms with Crippen molar-refractivity contribution in [3.8, 4) is 23.0 Å². The molecule has 0 unspecified atom stereocenters. The highest BCUT2D eigenvalue weighted by Crippen LogP contribution is 2.21. The molecule has 0 saturated heterocycles. The Morgan fingerprint density at radius 3 is 2.64 bits per heavy atom. The molecule has 3 rings (SSSR count). The normalized spacial score (nSPS) is 10.6. The van der Waals surface area contributed by atoms with Crippen molar-refractivity contribution in [2.45, 2.75) is 6.54 Å². The fraction of sp³-hybridized carbons (Fsp3) is 0.222. The number of nitrogens with one attached hydrogen (secondary N) is 1. The van der Waals surface area contributed by atoms with E-state index in [9.17, 15) is 0 Å². The van der Waals surface area contributed by atoms with Gasteiger partial charge in [0.2, 0.25) is 11.8 Å². The van der Waals surface area contributed by atoms with E-state index in [-0.39, 0.29) is 0 Å². The first kappa shape index (κ1) is 17.3. The van der Waals surface area contributed by atoms with Gasteiger partial charge >= 0.3 is 0 Å². The Hall–Kier alpha value is -2.57. The molecule has 2 aromatic carbocycles. The predicted octanol–water partition coefficient (Wildman–Crippen LogP) is 3.57. The SMILES string of the molecule is COc1ccc(OCCNCc2nnc(-c3cccc(Cl)c3)o2)cc1. The van der Waals surface area contributed by atoms with Crippen LogP contribution < -0.4 is 14.8 Å². The summed E-state index contributed by atoms with van der Waals surface area (Å²) in [4.78, 5) is 0. The van der Waals surface area contributed by atoms with E-state index in [2.05, 4.69) is 15.5 Å². The highest BCUT2D eigenvalue weighted by molar-refractivity contribution is 6.30. The highest BCUT2D eigenvalue weighted by Gasteiger charge is 2.08. The molecular weight excluding hydrogens is 342 g/mol. The van der Waals surface area contributed by atoms with Crippen molar-refractivity contribution in [3.63, 3.8) is 0 Å². The first-order valence-electron chi connectivity index (χ1n) is 7.80. The summed E-state index contributed by atoms with van der Waals surface area (Å²) in [5.74, 6) is 2.56. The zero-order valence-electron chi connectivity index (χ0n) is 13.7. The van der Waals surface area contributed by atoms with Crippen molar-refractivity contribution in [1.82, 2.24) is 15.5 Å². The molecule has 1 N–H and O–H groups in total.